The van der Waals surface area contributed by atoms with Crippen molar-refractivity contribution >= 4 is 23.2 Å². The predicted molar refractivity (Wildman–Crippen MR) is 106 cm³/mol. The molecule has 1 unspecified atom stereocenters. The summed E-state index contributed by atoms with van der Waals surface area (Å²) < 4.78 is 0. The van der Waals surface area contributed by atoms with Crippen LogP contribution in [0, 0.1) is 19.8 Å². The molecule has 0 saturated heterocycles. The minimum atomic E-state index is -0.00838. The summed E-state index contributed by atoms with van der Waals surface area (Å²) in [4.78, 5) is 28.4. The maximum Gasteiger partial charge on any atom is 0.263 e. The summed E-state index contributed by atoms with van der Waals surface area (Å²) in [5, 5.41) is 3.08. The van der Waals surface area contributed by atoms with Crippen molar-refractivity contribution in [1.29, 1.82) is 0 Å². The Labute approximate surface area is 159 Å². The molecule has 1 aliphatic carbocycles. The van der Waals surface area contributed by atoms with Crippen molar-refractivity contribution in [3.8, 4) is 0 Å². The van der Waals surface area contributed by atoms with Crippen LogP contribution in [0.2, 0.25) is 0 Å². The molecule has 1 aliphatic rings. The van der Waals surface area contributed by atoms with Gasteiger partial charge in [0.1, 0.15) is 0 Å². The third kappa shape index (κ3) is 3.98. The molecule has 1 heterocycles. The van der Waals surface area contributed by atoms with E-state index in [4.69, 9.17) is 0 Å². The molecule has 2 aromatic rings. The van der Waals surface area contributed by atoms with Gasteiger partial charge in [-0.1, -0.05) is 18.2 Å². The fraction of sp³-hybridized carbons (Fsp3) is 0.429. The summed E-state index contributed by atoms with van der Waals surface area (Å²) in [5.41, 5.74) is 4.81. The van der Waals surface area contributed by atoms with E-state index in [2.05, 4.69) is 37.4 Å². The van der Waals surface area contributed by atoms with Crippen LogP contribution in [0.1, 0.15) is 43.2 Å². The van der Waals surface area contributed by atoms with Crippen molar-refractivity contribution in [2.75, 3.05) is 14.1 Å². The number of carbonyl (C=O) groups excluding carboxylic acids is 2. The molecule has 0 fully saturated rings. The highest BCUT2D eigenvalue weighted by atomic mass is 32.1. The second kappa shape index (κ2) is 7.62. The fourth-order valence-electron chi connectivity index (χ4n) is 3.32. The minimum Gasteiger partial charge on any atom is -0.352 e. The van der Waals surface area contributed by atoms with Gasteiger partial charge in [-0.2, -0.15) is 0 Å². The fourth-order valence-corrected chi connectivity index (χ4v) is 4.55. The van der Waals surface area contributed by atoms with Crippen molar-refractivity contribution in [1.82, 2.24) is 10.2 Å². The largest absolute Gasteiger partial charge is 0.352 e. The van der Waals surface area contributed by atoms with E-state index in [-0.39, 0.29) is 17.7 Å². The van der Waals surface area contributed by atoms with E-state index in [0.29, 0.717) is 6.54 Å². The smallest absolute Gasteiger partial charge is 0.263 e. The Balaban J connectivity index is 1.61. The number of aryl methyl sites for hydroxylation is 3. The third-order valence-corrected chi connectivity index (χ3v) is 6.33. The summed E-state index contributed by atoms with van der Waals surface area (Å²) in [5.74, 6) is 0.145. The molecule has 4 nitrogen and oxygen atoms in total. The van der Waals surface area contributed by atoms with Gasteiger partial charge in [0.05, 0.1) is 4.88 Å². The Morgan fingerprint density at radius 3 is 2.65 bits per heavy atom. The van der Waals surface area contributed by atoms with E-state index in [1.165, 1.54) is 16.0 Å². The molecular formula is C21H26N2O2S. The van der Waals surface area contributed by atoms with Gasteiger partial charge in [-0.05, 0) is 61.4 Å². The second-order valence-electron chi connectivity index (χ2n) is 7.33. The molecule has 0 radical (unpaired) electrons. The normalized spacial score (nSPS) is 16.1. The molecule has 1 aromatic heterocycles. The third-order valence-electron chi connectivity index (χ3n) is 5.11. The van der Waals surface area contributed by atoms with E-state index in [9.17, 15) is 9.59 Å². The maximum atomic E-state index is 12.6. The molecule has 5 heteroatoms. The van der Waals surface area contributed by atoms with Gasteiger partial charge < -0.3 is 10.2 Å². The Morgan fingerprint density at radius 2 is 1.96 bits per heavy atom. The van der Waals surface area contributed by atoms with E-state index in [1.54, 1.807) is 30.3 Å². The van der Waals surface area contributed by atoms with Crippen LogP contribution in [0.15, 0.2) is 24.3 Å². The van der Waals surface area contributed by atoms with Crippen molar-refractivity contribution in [3.63, 3.8) is 0 Å². The molecule has 0 bridgehead atoms. The van der Waals surface area contributed by atoms with E-state index >= 15 is 0 Å². The molecule has 0 saturated carbocycles. The van der Waals surface area contributed by atoms with Gasteiger partial charge in [-0.25, -0.2) is 0 Å². The molecule has 0 aliphatic heterocycles. The Morgan fingerprint density at radius 1 is 1.19 bits per heavy atom. The van der Waals surface area contributed by atoms with Gasteiger partial charge in [0.2, 0.25) is 5.91 Å². The van der Waals surface area contributed by atoms with Gasteiger partial charge in [0, 0.05) is 31.4 Å². The highest BCUT2D eigenvalue weighted by Gasteiger charge is 2.27. The van der Waals surface area contributed by atoms with Gasteiger partial charge in [-0.15, -0.1) is 11.3 Å². The van der Waals surface area contributed by atoms with Crippen LogP contribution in [0.3, 0.4) is 0 Å². The number of benzene rings is 1. The van der Waals surface area contributed by atoms with Crippen molar-refractivity contribution < 1.29 is 9.59 Å². The van der Waals surface area contributed by atoms with Gasteiger partial charge in [-0.3, -0.25) is 9.59 Å². The number of fused-ring (bicyclic) bond motifs is 1. The highest BCUT2D eigenvalue weighted by molar-refractivity contribution is 7.14. The number of hydrogen-bond acceptors (Lipinski definition) is 3. The van der Waals surface area contributed by atoms with Crippen molar-refractivity contribution in [2.45, 2.75) is 39.7 Å². The molecule has 0 spiro atoms. The van der Waals surface area contributed by atoms with Gasteiger partial charge in [0.15, 0.2) is 0 Å². The number of carbonyl (C=O) groups is 2. The topological polar surface area (TPSA) is 49.4 Å². The molecule has 1 N–H and O–H groups in total. The van der Waals surface area contributed by atoms with E-state index < -0.39 is 0 Å². The second-order valence-corrected chi connectivity index (χ2v) is 8.47. The first-order chi connectivity index (χ1) is 12.3. The lowest BCUT2D eigenvalue weighted by molar-refractivity contribution is -0.125. The Bertz CT molecular complexity index is 839. The minimum absolute atomic E-state index is 0.00838. The van der Waals surface area contributed by atoms with E-state index in [1.807, 2.05) is 6.07 Å². The van der Waals surface area contributed by atoms with Crippen LogP contribution in [0.5, 0.6) is 0 Å². The summed E-state index contributed by atoms with van der Waals surface area (Å²) in [7, 11) is 3.54. The first kappa shape index (κ1) is 18.6. The van der Waals surface area contributed by atoms with Crippen molar-refractivity contribution in [3.05, 3.63) is 56.3 Å². The lowest BCUT2D eigenvalue weighted by Gasteiger charge is -2.21. The summed E-state index contributed by atoms with van der Waals surface area (Å²) in [6.07, 6.45) is 2.45. The van der Waals surface area contributed by atoms with Crippen LogP contribution < -0.4 is 5.32 Å². The number of thiophene rings is 1. The molecule has 138 valence electrons. The maximum absolute atomic E-state index is 12.6. The number of nitrogens with one attached hydrogen (secondary N) is 1. The first-order valence-electron chi connectivity index (χ1n) is 9.02. The van der Waals surface area contributed by atoms with Crippen LogP contribution >= 0.6 is 11.3 Å². The SMILES string of the molecule is Cc1ccc(CNC(=O)C2CCc3sc(C(=O)N(C)C)cc3C2)cc1C. The number of hydrogen-bond donors (Lipinski definition) is 1. The first-order valence-corrected chi connectivity index (χ1v) is 9.84. The predicted octanol–water partition coefficient (Wildman–Crippen LogP) is 3.49. The molecule has 26 heavy (non-hydrogen) atoms. The van der Waals surface area contributed by atoms with Crippen LogP contribution in [-0.4, -0.2) is 30.8 Å². The molecular weight excluding hydrogens is 344 g/mol. The van der Waals surface area contributed by atoms with Crippen LogP contribution in [-0.2, 0) is 24.2 Å². The molecule has 2 amide bonds. The summed E-state index contributed by atoms with van der Waals surface area (Å²) >= 11 is 1.58. The zero-order valence-corrected chi connectivity index (χ0v) is 16.7. The lowest BCUT2D eigenvalue weighted by Crippen LogP contribution is -2.33. The number of rotatable bonds is 4. The lowest BCUT2D eigenvalue weighted by atomic mass is 9.87. The monoisotopic (exact) mass is 370 g/mol. The summed E-state index contributed by atoms with van der Waals surface area (Å²) in [6, 6.07) is 8.27. The molecule has 1 aromatic carbocycles. The average Bonchev–Trinajstić information content (AvgIpc) is 3.04. The van der Waals surface area contributed by atoms with Crippen LogP contribution in [0.25, 0.3) is 0 Å². The number of nitrogens with zero attached hydrogens (tertiary/aromatic N) is 1. The standard InChI is InChI=1S/C21H26N2O2S/c1-13-5-6-15(9-14(13)2)12-22-20(24)16-7-8-18-17(10-16)11-19(26-18)21(25)23(3)4/h5-6,9,11,16H,7-8,10,12H2,1-4H3,(H,22,24). The van der Waals surface area contributed by atoms with Gasteiger partial charge in [0.25, 0.3) is 5.91 Å². The van der Waals surface area contributed by atoms with E-state index in [0.717, 1.165) is 35.3 Å². The Kier molecular flexibility index (Phi) is 5.47. The zero-order valence-electron chi connectivity index (χ0n) is 15.9. The quantitative estimate of drug-likeness (QED) is 0.896. The average molecular weight is 371 g/mol. The van der Waals surface area contributed by atoms with Crippen molar-refractivity contribution in [2.24, 2.45) is 5.92 Å². The van der Waals surface area contributed by atoms with Crippen LogP contribution in [0.4, 0.5) is 0 Å². The van der Waals surface area contributed by atoms with Gasteiger partial charge >= 0.3 is 0 Å². The Hall–Kier alpha value is -2.14. The summed E-state index contributed by atoms with van der Waals surface area (Å²) in [6.45, 7) is 4.75. The molecule has 1 atom stereocenters. The molecule has 3 rings (SSSR count). The number of amides is 2. The zero-order chi connectivity index (χ0) is 18.8. The highest BCUT2D eigenvalue weighted by Crippen LogP contribution is 2.33.